The Morgan fingerprint density at radius 3 is 2.11 bits per heavy atom. The molecule has 0 aromatic heterocycles. The third kappa shape index (κ3) is 1.89. The van der Waals surface area contributed by atoms with E-state index in [1.165, 1.54) is 6.92 Å². The zero-order chi connectivity index (χ0) is 7.44. The first kappa shape index (κ1) is 7.61. The minimum atomic E-state index is -1.40. The van der Waals surface area contributed by atoms with Crippen molar-refractivity contribution in [2.75, 3.05) is 0 Å². The van der Waals surface area contributed by atoms with Crippen molar-refractivity contribution < 1.29 is 15.1 Å². The van der Waals surface area contributed by atoms with Gasteiger partial charge in [0, 0.05) is 0 Å². The van der Waals surface area contributed by atoms with E-state index in [2.05, 4.69) is 5.16 Å². The highest BCUT2D eigenvalue weighted by atomic mass is 16.4. The summed E-state index contributed by atoms with van der Waals surface area (Å²) in [4.78, 5) is 9.94. The Labute approximate surface area is 51.1 Å². The van der Waals surface area contributed by atoms with Crippen molar-refractivity contribution >= 4 is 17.4 Å². The minimum absolute atomic E-state index is 0.273. The van der Waals surface area contributed by atoms with Gasteiger partial charge in [0.15, 0.2) is 0 Å². The number of hydrogen-bond donors (Lipinski definition) is 3. The molecule has 0 aliphatic carbocycles. The first-order chi connectivity index (χ1) is 4.09. The fourth-order valence-electron chi connectivity index (χ4n) is 0.278. The van der Waals surface area contributed by atoms with E-state index < -0.39 is 11.7 Å². The summed E-state index contributed by atoms with van der Waals surface area (Å²) in [6.07, 6.45) is 0. The molecular weight excluding hydrogens is 124 g/mol. The second kappa shape index (κ2) is 2.81. The van der Waals surface area contributed by atoms with Crippen LogP contribution in [-0.2, 0) is 4.79 Å². The molecular formula is C4H6N2O3. The van der Waals surface area contributed by atoms with Crippen LogP contribution in [0.3, 0.4) is 0 Å². The summed E-state index contributed by atoms with van der Waals surface area (Å²) in [5.41, 5.74) is -0.903. The number of aliphatic carboxylic acids is 1. The number of oxime groups is 1. The Morgan fingerprint density at radius 2 is 2.11 bits per heavy atom. The van der Waals surface area contributed by atoms with Gasteiger partial charge in [-0.05, 0) is 6.92 Å². The lowest BCUT2D eigenvalue weighted by Crippen LogP contribution is -2.20. The van der Waals surface area contributed by atoms with Crippen LogP contribution in [0.4, 0.5) is 0 Å². The molecule has 0 bridgehead atoms. The van der Waals surface area contributed by atoms with E-state index in [9.17, 15) is 4.79 Å². The van der Waals surface area contributed by atoms with Crippen molar-refractivity contribution in [1.29, 1.82) is 5.41 Å². The molecule has 5 heteroatoms. The number of carboxylic acids is 1. The zero-order valence-electron chi connectivity index (χ0n) is 4.75. The van der Waals surface area contributed by atoms with E-state index in [4.69, 9.17) is 15.7 Å². The van der Waals surface area contributed by atoms with E-state index in [1.807, 2.05) is 0 Å². The van der Waals surface area contributed by atoms with Gasteiger partial charge < -0.3 is 15.7 Å². The van der Waals surface area contributed by atoms with E-state index in [0.29, 0.717) is 0 Å². The van der Waals surface area contributed by atoms with Crippen LogP contribution in [0, 0.1) is 5.41 Å². The second-order valence-electron chi connectivity index (χ2n) is 1.38. The summed E-state index contributed by atoms with van der Waals surface area (Å²) in [5.74, 6) is -1.40. The maximum Gasteiger partial charge on any atom is 0.359 e. The molecule has 0 heterocycles. The molecule has 0 unspecified atom stereocenters. The zero-order valence-corrected chi connectivity index (χ0v) is 4.75. The van der Waals surface area contributed by atoms with E-state index in [-0.39, 0.29) is 5.71 Å². The first-order valence-corrected chi connectivity index (χ1v) is 2.10. The lowest BCUT2D eigenvalue weighted by atomic mass is 10.3. The predicted octanol–water partition coefficient (Wildman–Crippen LogP) is -0.0591. The van der Waals surface area contributed by atoms with E-state index in [1.54, 1.807) is 0 Å². The van der Waals surface area contributed by atoms with Crippen molar-refractivity contribution in [2.45, 2.75) is 6.92 Å². The van der Waals surface area contributed by atoms with Crippen molar-refractivity contribution in [3.63, 3.8) is 0 Å². The summed E-state index contributed by atoms with van der Waals surface area (Å²) in [6, 6.07) is 0. The highest BCUT2D eigenvalue weighted by Crippen LogP contribution is 1.79. The van der Waals surface area contributed by atoms with Gasteiger partial charge in [-0.3, -0.25) is 0 Å². The molecule has 0 radical (unpaired) electrons. The quantitative estimate of drug-likeness (QED) is 0.277. The molecule has 0 fully saturated rings. The molecule has 0 rings (SSSR count). The van der Waals surface area contributed by atoms with Gasteiger partial charge in [-0.1, -0.05) is 5.16 Å². The third-order valence-corrected chi connectivity index (χ3v) is 0.658. The second-order valence-corrected chi connectivity index (χ2v) is 1.38. The highest BCUT2D eigenvalue weighted by molar-refractivity contribution is 6.64. The smallest absolute Gasteiger partial charge is 0.359 e. The largest absolute Gasteiger partial charge is 0.476 e. The molecule has 0 aliphatic rings. The molecule has 0 amide bonds. The van der Waals surface area contributed by atoms with Gasteiger partial charge in [0.1, 0.15) is 0 Å². The molecule has 9 heavy (non-hydrogen) atoms. The third-order valence-electron chi connectivity index (χ3n) is 0.658. The molecule has 0 aromatic rings. The normalized spacial score (nSPS) is 11.0. The Morgan fingerprint density at radius 1 is 1.67 bits per heavy atom. The Bertz CT molecular complexity index is 157. The Hall–Kier alpha value is -1.39. The fraction of sp³-hybridized carbons (Fsp3) is 0.250. The molecule has 0 saturated carbocycles. The Kier molecular flexibility index (Phi) is 2.37. The highest BCUT2D eigenvalue weighted by Gasteiger charge is 2.10. The van der Waals surface area contributed by atoms with Crippen LogP contribution in [-0.4, -0.2) is 27.7 Å². The van der Waals surface area contributed by atoms with Crippen LogP contribution in [0.25, 0.3) is 0 Å². The monoisotopic (exact) mass is 130 g/mol. The number of hydrogen-bond acceptors (Lipinski definition) is 4. The van der Waals surface area contributed by atoms with Crippen LogP contribution in [0.5, 0.6) is 0 Å². The van der Waals surface area contributed by atoms with Crippen LogP contribution in [0.2, 0.25) is 0 Å². The fourth-order valence-corrected chi connectivity index (χ4v) is 0.278. The van der Waals surface area contributed by atoms with Crippen LogP contribution in [0.15, 0.2) is 5.16 Å². The first-order valence-electron chi connectivity index (χ1n) is 2.10. The number of rotatable bonds is 2. The van der Waals surface area contributed by atoms with Crippen molar-refractivity contribution in [2.24, 2.45) is 5.16 Å². The maximum atomic E-state index is 9.94. The number of nitrogens with zero attached hydrogens (tertiary/aromatic N) is 1. The molecule has 0 spiro atoms. The van der Waals surface area contributed by atoms with Crippen LogP contribution >= 0.6 is 0 Å². The summed E-state index contributed by atoms with van der Waals surface area (Å²) in [7, 11) is 0. The van der Waals surface area contributed by atoms with Gasteiger partial charge in [-0.25, -0.2) is 4.79 Å². The van der Waals surface area contributed by atoms with Gasteiger partial charge in [0.25, 0.3) is 0 Å². The SMILES string of the molecule is CC(=N)/C(=N\O)C(=O)O. The summed E-state index contributed by atoms with van der Waals surface area (Å²) < 4.78 is 0. The number of carbonyl (C=O) groups is 1. The van der Waals surface area contributed by atoms with Gasteiger partial charge in [-0.2, -0.15) is 0 Å². The predicted molar refractivity (Wildman–Crippen MR) is 30.3 cm³/mol. The molecule has 0 aromatic carbocycles. The van der Waals surface area contributed by atoms with Crippen molar-refractivity contribution in [3.05, 3.63) is 0 Å². The van der Waals surface area contributed by atoms with Gasteiger partial charge in [0.05, 0.1) is 5.71 Å². The van der Waals surface area contributed by atoms with Crippen LogP contribution in [0.1, 0.15) is 6.92 Å². The summed E-state index contributed by atoms with van der Waals surface area (Å²) in [5, 5.41) is 25.1. The molecule has 3 N–H and O–H groups in total. The maximum absolute atomic E-state index is 9.94. The van der Waals surface area contributed by atoms with Gasteiger partial charge >= 0.3 is 5.97 Å². The molecule has 50 valence electrons. The van der Waals surface area contributed by atoms with Crippen molar-refractivity contribution in [3.8, 4) is 0 Å². The van der Waals surface area contributed by atoms with Gasteiger partial charge in [-0.15, -0.1) is 0 Å². The molecule has 0 atom stereocenters. The van der Waals surface area contributed by atoms with Crippen LogP contribution < -0.4 is 0 Å². The molecule has 0 aliphatic heterocycles. The average molecular weight is 130 g/mol. The minimum Gasteiger partial charge on any atom is -0.476 e. The molecule has 0 saturated heterocycles. The average Bonchev–Trinajstić information content (AvgIpc) is 1.64. The topological polar surface area (TPSA) is 93.7 Å². The lowest BCUT2D eigenvalue weighted by Gasteiger charge is -1.90. The lowest BCUT2D eigenvalue weighted by molar-refractivity contribution is -0.129. The summed E-state index contributed by atoms with van der Waals surface area (Å²) in [6.45, 7) is 1.23. The standard InChI is InChI=1S/C4H6N2O3/c1-2(5)3(6-9)4(7)8/h5,9H,1H3,(H,7,8)/b5-2?,6-3+. The molecule has 5 nitrogen and oxygen atoms in total. The van der Waals surface area contributed by atoms with Crippen molar-refractivity contribution in [1.82, 2.24) is 0 Å². The number of carboxylic acid groups (broad SMARTS) is 1. The van der Waals surface area contributed by atoms with E-state index >= 15 is 0 Å². The van der Waals surface area contributed by atoms with Gasteiger partial charge in [0.2, 0.25) is 5.71 Å². The summed E-state index contributed by atoms with van der Waals surface area (Å²) >= 11 is 0. The number of nitrogens with one attached hydrogen (secondary N) is 1. The van der Waals surface area contributed by atoms with E-state index in [0.717, 1.165) is 0 Å². The Balaban J connectivity index is 4.38.